The molecule has 2 aliphatic heterocycles. The van der Waals surface area contributed by atoms with E-state index in [2.05, 4.69) is 10.6 Å². The van der Waals surface area contributed by atoms with Gasteiger partial charge in [0.15, 0.2) is 0 Å². The molecule has 0 bridgehead atoms. The first kappa shape index (κ1) is 18.0. The van der Waals surface area contributed by atoms with Crippen LogP contribution in [0.3, 0.4) is 0 Å². The lowest BCUT2D eigenvalue weighted by molar-refractivity contribution is -0.137. The molecule has 0 aliphatic carbocycles. The molecule has 0 amide bonds. The maximum absolute atomic E-state index is 13.4. The normalized spacial score (nSPS) is 17.5. The predicted octanol–water partition coefficient (Wildman–Crippen LogP) is 5.58. The molecule has 2 aromatic rings. The van der Waals surface area contributed by atoms with Crippen LogP contribution in [0.4, 0.5) is 18.9 Å². The first-order chi connectivity index (χ1) is 12.4. The molecule has 2 N–H and O–H groups in total. The van der Waals surface area contributed by atoms with Gasteiger partial charge in [0, 0.05) is 33.0 Å². The highest BCUT2D eigenvalue weighted by Crippen LogP contribution is 2.46. The number of nitrogens with one attached hydrogen (secondary N) is 2. The van der Waals surface area contributed by atoms with Gasteiger partial charge in [0.2, 0.25) is 0 Å². The second-order valence-corrected chi connectivity index (χ2v) is 8.22. The van der Waals surface area contributed by atoms with Crippen molar-refractivity contribution in [2.24, 2.45) is 0 Å². The molecular formula is C19H18ClF3N2S. The van der Waals surface area contributed by atoms with Crippen molar-refractivity contribution in [3.63, 3.8) is 0 Å². The van der Waals surface area contributed by atoms with Gasteiger partial charge in [0.1, 0.15) is 0 Å². The van der Waals surface area contributed by atoms with Crippen LogP contribution in [0.1, 0.15) is 29.5 Å². The van der Waals surface area contributed by atoms with Crippen LogP contribution >= 0.6 is 23.4 Å². The number of benzene rings is 2. The van der Waals surface area contributed by atoms with Crippen LogP contribution < -0.4 is 10.6 Å². The summed E-state index contributed by atoms with van der Waals surface area (Å²) in [7, 11) is 0. The van der Waals surface area contributed by atoms with E-state index in [1.165, 1.54) is 23.9 Å². The monoisotopic (exact) mass is 398 g/mol. The highest BCUT2D eigenvalue weighted by Gasteiger charge is 2.33. The molecule has 0 spiro atoms. The highest BCUT2D eigenvalue weighted by atomic mass is 35.5. The van der Waals surface area contributed by atoms with Crippen molar-refractivity contribution in [3.05, 3.63) is 52.0 Å². The molecule has 4 rings (SSSR count). The van der Waals surface area contributed by atoms with Crippen molar-refractivity contribution < 1.29 is 13.2 Å². The minimum atomic E-state index is -4.37. The summed E-state index contributed by atoms with van der Waals surface area (Å²) in [5.74, 6) is 0. The Labute approximate surface area is 159 Å². The van der Waals surface area contributed by atoms with Crippen LogP contribution in [0.2, 0.25) is 5.02 Å². The molecular weight excluding hydrogens is 381 g/mol. The number of piperidine rings is 1. The lowest BCUT2D eigenvalue weighted by Gasteiger charge is -2.29. The number of hydrogen-bond donors (Lipinski definition) is 2. The second kappa shape index (κ2) is 6.98. The summed E-state index contributed by atoms with van der Waals surface area (Å²) in [5, 5.41) is 7.26. The Hall–Kier alpha value is -1.37. The average molecular weight is 399 g/mol. The van der Waals surface area contributed by atoms with Gasteiger partial charge in [-0.3, -0.25) is 0 Å². The minimum Gasteiger partial charge on any atom is -0.382 e. The van der Waals surface area contributed by atoms with Crippen LogP contribution in [0, 0.1) is 0 Å². The number of rotatable bonds is 2. The van der Waals surface area contributed by atoms with Gasteiger partial charge >= 0.3 is 6.18 Å². The Kier molecular flexibility index (Phi) is 4.84. The van der Waals surface area contributed by atoms with Gasteiger partial charge in [-0.25, -0.2) is 0 Å². The standard InChI is InChI=1S/C19H18ClF3N2S/c20-13-2-1-11-7-15-16(25-14-3-5-24-6-4-14)8-12(19(21,22)23)9-18(15)26-17(11)10-13/h1-2,8-10,14,24-25H,3-7H2. The van der Waals surface area contributed by atoms with E-state index in [-0.39, 0.29) is 6.04 Å². The van der Waals surface area contributed by atoms with E-state index < -0.39 is 11.7 Å². The van der Waals surface area contributed by atoms with Crippen molar-refractivity contribution in [1.82, 2.24) is 5.32 Å². The molecule has 2 nitrogen and oxygen atoms in total. The van der Waals surface area contributed by atoms with E-state index in [0.717, 1.165) is 42.0 Å². The fraction of sp³-hybridized carbons (Fsp3) is 0.368. The van der Waals surface area contributed by atoms with E-state index in [1.54, 1.807) is 0 Å². The molecule has 0 aromatic heterocycles. The fourth-order valence-corrected chi connectivity index (χ4v) is 4.90. The Morgan fingerprint density at radius 3 is 2.58 bits per heavy atom. The molecule has 0 atom stereocenters. The van der Waals surface area contributed by atoms with E-state index in [4.69, 9.17) is 11.6 Å². The average Bonchev–Trinajstić information content (AvgIpc) is 2.60. The molecule has 1 saturated heterocycles. The third-order valence-electron chi connectivity index (χ3n) is 4.85. The zero-order valence-electron chi connectivity index (χ0n) is 13.9. The van der Waals surface area contributed by atoms with Gasteiger partial charge in [-0.1, -0.05) is 29.4 Å². The first-order valence-corrected chi connectivity index (χ1v) is 9.77. The smallest absolute Gasteiger partial charge is 0.382 e. The number of hydrogen-bond acceptors (Lipinski definition) is 3. The third-order valence-corrected chi connectivity index (χ3v) is 6.27. The van der Waals surface area contributed by atoms with Gasteiger partial charge in [-0.05, 0) is 61.3 Å². The number of halogens is 4. The summed E-state index contributed by atoms with van der Waals surface area (Å²) in [6, 6.07) is 8.33. The van der Waals surface area contributed by atoms with Crippen molar-refractivity contribution >= 4 is 29.1 Å². The van der Waals surface area contributed by atoms with Crippen LogP contribution in [0.5, 0.6) is 0 Å². The highest BCUT2D eigenvalue weighted by molar-refractivity contribution is 7.99. The molecule has 2 heterocycles. The number of anilines is 1. The molecule has 0 saturated carbocycles. The molecule has 0 unspecified atom stereocenters. The van der Waals surface area contributed by atoms with Crippen LogP contribution in [-0.4, -0.2) is 19.1 Å². The SMILES string of the molecule is FC(F)(F)c1cc(NC2CCNCC2)c2c(c1)Sc1cc(Cl)ccc1C2. The van der Waals surface area contributed by atoms with Gasteiger partial charge in [0.25, 0.3) is 0 Å². The van der Waals surface area contributed by atoms with Crippen molar-refractivity contribution in [2.75, 3.05) is 18.4 Å². The zero-order valence-corrected chi connectivity index (χ0v) is 15.5. The number of alkyl halides is 3. The molecule has 138 valence electrons. The van der Waals surface area contributed by atoms with E-state index in [0.29, 0.717) is 22.0 Å². The van der Waals surface area contributed by atoms with Crippen LogP contribution in [-0.2, 0) is 12.6 Å². The van der Waals surface area contributed by atoms with Gasteiger partial charge < -0.3 is 10.6 Å². The first-order valence-electron chi connectivity index (χ1n) is 8.58. The van der Waals surface area contributed by atoms with Gasteiger partial charge in [-0.15, -0.1) is 0 Å². The largest absolute Gasteiger partial charge is 0.416 e. The Morgan fingerprint density at radius 1 is 1.08 bits per heavy atom. The summed E-state index contributed by atoms with van der Waals surface area (Å²) in [5.41, 5.74) is 2.04. The predicted molar refractivity (Wildman–Crippen MR) is 99.3 cm³/mol. The lowest BCUT2D eigenvalue weighted by atomic mass is 9.98. The summed E-state index contributed by atoms with van der Waals surface area (Å²) >= 11 is 7.42. The molecule has 7 heteroatoms. The molecule has 2 aliphatic rings. The third kappa shape index (κ3) is 3.68. The van der Waals surface area contributed by atoms with Crippen molar-refractivity contribution in [1.29, 1.82) is 0 Å². The Morgan fingerprint density at radius 2 is 1.85 bits per heavy atom. The zero-order chi connectivity index (χ0) is 18.3. The fourth-order valence-electron chi connectivity index (χ4n) is 3.48. The molecule has 1 fully saturated rings. The topological polar surface area (TPSA) is 24.1 Å². The molecule has 2 aromatic carbocycles. The van der Waals surface area contributed by atoms with Crippen molar-refractivity contribution in [2.45, 2.75) is 41.3 Å². The molecule has 0 radical (unpaired) electrons. The van der Waals surface area contributed by atoms with Crippen molar-refractivity contribution in [3.8, 4) is 0 Å². The van der Waals surface area contributed by atoms with Crippen LogP contribution in [0.15, 0.2) is 40.1 Å². The van der Waals surface area contributed by atoms with Gasteiger partial charge in [0.05, 0.1) is 5.56 Å². The van der Waals surface area contributed by atoms with Gasteiger partial charge in [-0.2, -0.15) is 13.2 Å². The maximum Gasteiger partial charge on any atom is 0.416 e. The Balaban J connectivity index is 1.74. The second-order valence-electron chi connectivity index (χ2n) is 6.70. The Bertz CT molecular complexity index is 832. The lowest BCUT2D eigenvalue weighted by Crippen LogP contribution is -2.35. The van der Waals surface area contributed by atoms with E-state index in [1.807, 2.05) is 18.2 Å². The van der Waals surface area contributed by atoms with E-state index >= 15 is 0 Å². The quantitative estimate of drug-likeness (QED) is 0.589. The molecule has 26 heavy (non-hydrogen) atoms. The maximum atomic E-state index is 13.4. The number of fused-ring (bicyclic) bond motifs is 2. The summed E-state index contributed by atoms with van der Waals surface area (Å²) in [6.07, 6.45) is -1.94. The summed E-state index contributed by atoms with van der Waals surface area (Å²) < 4.78 is 40.2. The van der Waals surface area contributed by atoms with E-state index in [9.17, 15) is 13.2 Å². The van der Waals surface area contributed by atoms with Crippen LogP contribution in [0.25, 0.3) is 0 Å². The summed E-state index contributed by atoms with van der Waals surface area (Å²) in [4.78, 5) is 1.59. The minimum absolute atomic E-state index is 0.195. The summed E-state index contributed by atoms with van der Waals surface area (Å²) in [6.45, 7) is 1.77.